The van der Waals surface area contributed by atoms with Gasteiger partial charge in [0, 0.05) is 16.0 Å². The van der Waals surface area contributed by atoms with Gasteiger partial charge in [0.05, 0.1) is 4.47 Å². The van der Waals surface area contributed by atoms with E-state index < -0.39 is 0 Å². The van der Waals surface area contributed by atoms with E-state index >= 15 is 0 Å². The number of nitrogens with zero attached hydrogens (tertiary/aromatic N) is 1. The highest BCUT2D eigenvalue weighted by Crippen LogP contribution is 2.32. The van der Waals surface area contributed by atoms with Crippen LogP contribution in [0.4, 0.5) is 5.13 Å². The van der Waals surface area contributed by atoms with E-state index in [4.69, 9.17) is 17.0 Å². The van der Waals surface area contributed by atoms with E-state index in [2.05, 4.69) is 47.5 Å². The molecule has 1 aromatic carbocycles. The summed E-state index contributed by atoms with van der Waals surface area (Å²) in [4.78, 5) is 15.9. The number of carbonyl (C=O) groups excluding carboxylic acids is 1. The van der Waals surface area contributed by atoms with Crippen LogP contribution < -0.4 is 15.4 Å². The summed E-state index contributed by atoms with van der Waals surface area (Å²) in [6.45, 7) is 1.76. The van der Waals surface area contributed by atoms with Crippen molar-refractivity contribution < 1.29 is 9.53 Å². The van der Waals surface area contributed by atoms with Crippen LogP contribution in [0, 0.1) is 6.92 Å². The van der Waals surface area contributed by atoms with Crippen LogP contribution in [0.15, 0.2) is 32.7 Å². The van der Waals surface area contributed by atoms with Crippen molar-refractivity contribution in [2.45, 2.75) is 6.92 Å². The third-order valence-electron chi connectivity index (χ3n) is 2.45. The molecule has 0 saturated heterocycles. The van der Waals surface area contributed by atoms with Gasteiger partial charge >= 0.3 is 0 Å². The number of aromatic nitrogens is 1. The van der Waals surface area contributed by atoms with Crippen LogP contribution >= 0.6 is 55.4 Å². The van der Waals surface area contributed by atoms with Crippen molar-refractivity contribution in [2.75, 3.05) is 11.9 Å². The van der Waals surface area contributed by atoms with Gasteiger partial charge in [-0.3, -0.25) is 10.1 Å². The molecular formula is C13H11Br2N3O2S2. The first kappa shape index (κ1) is 17.3. The number of thiocarbonyl (C=S) groups is 1. The van der Waals surface area contributed by atoms with E-state index in [1.54, 1.807) is 6.20 Å². The highest BCUT2D eigenvalue weighted by atomic mass is 79.9. The summed E-state index contributed by atoms with van der Waals surface area (Å²) >= 11 is 13.2. The van der Waals surface area contributed by atoms with Crippen molar-refractivity contribution >= 4 is 71.6 Å². The summed E-state index contributed by atoms with van der Waals surface area (Å²) in [5.74, 6) is 0.278. The summed E-state index contributed by atoms with van der Waals surface area (Å²) in [5, 5.41) is 7.98. The summed E-state index contributed by atoms with van der Waals surface area (Å²) in [7, 11) is 0. The van der Waals surface area contributed by atoms with Crippen molar-refractivity contribution in [1.82, 2.24) is 10.3 Å². The van der Waals surface area contributed by atoms with Gasteiger partial charge in [-0.05, 0) is 52.8 Å². The summed E-state index contributed by atoms with van der Waals surface area (Å²) in [5.41, 5.74) is 0.914. The molecule has 2 rings (SSSR count). The zero-order valence-corrected chi connectivity index (χ0v) is 16.2. The number of amides is 1. The number of ether oxygens (including phenoxy) is 1. The average Bonchev–Trinajstić information content (AvgIpc) is 2.89. The number of anilines is 1. The maximum absolute atomic E-state index is 11.8. The first-order chi connectivity index (χ1) is 10.5. The third kappa shape index (κ3) is 5.01. The molecule has 1 heterocycles. The summed E-state index contributed by atoms with van der Waals surface area (Å²) in [6, 6.07) is 3.77. The summed E-state index contributed by atoms with van der Waals surface area (Å²) in [6.07, 6.45) is 1.65. The van der Waals surface area contributed by atoms with E-state index in [0.29, 0.717) is 10.9 Å². The first-order valence-electron chi connectivity index (χ1n) is 6.04. The molecule has 9 heteroatoms. The Balaban J connectivity index is 1.86. The van der Waals surface area contributed by atoms with Gasteiger partial charge in [-0.15, -0.1) is 11.3 Å². The predicted octanol–water partition coefficient (Wildman–Crippen LogP) is 3.87. The molecular weight excluding hydrogens is 454 g/mol. The Hall–Kier alpha value is -1.03. The van der Waals surface area contributed by atoms with Crippen LogP contribution in [-0.2, 0) is 4.79 Å². The fourth-order valence-electron chi connectivity index (χ4n) is 1.59. The standard InChI is InChI=1S/C13H11Br2N3O2S2/c1-7-4-8(14)5-9(15)11(7)20-6-10(19)17-12(21)18-13-16-2-3-22-13/h2-5H,6H2,1H3,(H2,16,17,18,19,21). The van der Waals surface area contributed by atoms with Crippen LogP contribution in [0.2, 0.25) is 0 Å². The van der Waals surface area contributed by atoms with Gasteiger partial charge in [0.1, 0.15) is 5.75 Å². The number of thiazole rings is 1. The minimum atomic E-state index is -0.344. The van der Waals surface area contributed by atoms with E-state index in [0.717, 1.165) is 14.5 Å². The molecule has 0 atom stereocenters. The normalized spacial score (nSPS) is 10.1. The molecule has 0 saturated carbocycles. The molecule has 1 aromatic heterocycles. The largest absolute Gasteiger partial charge is 0.482 e. The smallest absolute Gasteiger partial charge is 0.264 e. The SMILES string of the molecule is Cc1cc(Br)cc(Br)c1OCC(=O)NC(=S)Nc1nccs1. The third-order valence-corrected chi connectivity index (χ3v) is 4.39. The second-order valence-corrected chi connectivity index (χ2v) is 7.23. The molecule has 0 spiro atoms. The Morgan fingerprint density at radius 3 is 2.86 bits per heavy atom. The van der Waals surface area contributed by atoms with Crippen LogP contribution in [0.25, 0.3) is 0 Å². The van der Waals surface area contributed by atoms with Crippen LogP contribution in [0.1, 0.15) is 5.56 Å². The second-order valence-electron chi connectivity index (χ2n) is 4.16. The Labute approximate surface area is 153 Å². The molecule has 22 heavy (non-hydrogen) atoms. The van der Waals surface area contributed by atoms with Crippen molar-refractivity contribution in [3.05, 3.63) is 38.2 Å². The Kier molecular flexibility index (Phi) is 6.30. The number of aryl methyl sites for hydroxylation is 1. The molecule has 0 aliphatic rings. The first-order valence-corrected chi connectivity index (χ1v) is 8.92. The van der Waals surface area contributed by atoms with Gasteiger partial charge in [-0.1, -0.05) is 15.9 Å². The number of carbonyl (C=O) groups is 1. The van der Waals surface area contributed by atoms with E-state index in [1.165, 1.54) is 11.3 Å². The van der Waals surface area contributed by atoms with Gasteiger partial charge < -0.3 is 10.1 Å². The van der Waals surface area contributed by atoms with Gasteiger partial charge in [0.2, 0.25) is 0 Å². The molecule has 0 radical (unpaired) electrons. The Morgan fingerprint density at radius 2 is 2.23 bits per heavy atom. The lowest BCUT2D eigenvalue weighted by Crippen LogP contribution is -2.37. The van der Waals surface area contributed by atoms with Crippen molar-refractivity contribution in [2.24, 2.45) is 0 Å². The van der Waals surface area contributed by atoms with Crippen LogP contribution in [0.5, 0.6) is 5.75 Å². The monoisotopic (exact) mass is 463 g/mol. The van der Waals surface area contributed by atoms with Crippen molar-refractivity contribution in [3.8, 4) is 5.75 Å². The number of nitrogens with one attached hydrogen (secondary N) is 2. The molecule has 0 bridgehead atoms. The molecule has 0 aliphatic heterocycles. The highest BCUT2D eigenvalue weighted by molar-refractivity contribution is 9.11. The predicted molar refractivity (Wildman–Crippen MR) is 98.6 cm³/mol. The number of hydrogen-bond donors (Lipinski definition) is 2. The number of hydrogen-bond acceptors (Lipinski definition) is 5. The Bertz CT molecular complexity index is 670. The van der Waals surface area contributed by atoms with E-state index in [9.17, 15) is 4.79 Å². The van der Waals surface area contributed by atoms with Gasteiger partial charge in [0.15, 0.2) is 16.9 Å². The van der Waals surface area contributed by atoms with Crippen LogP contribution in [-0.4, -0.2) is 22.6 Å². The topological polar surface area (TPSA) is 63.2 Å². The molecule has 116 valence electrons. The maximum Gasteiger partial charge on any atom is 0.264 e. The van der Waals surface area contributed by atoms with E-state index in [1.807, 2.05) is 24.4 Å². The fraction of sp³-hybridized carbons (Fsp3) is 0.154. The quantitative estimate of drug-likeness (QED) is 0.672. The second kappa shape index (κ2) is 8.00. The minimum absolute atomic E-state index is 0.138. The summed E-state index contributed by atoms with van der Waals surface area (Å²) < 4.78 is 7.25. The number of benzene rings is 1. The molecule has 5 nitrogen and oxygen atoms in total. The van der Waals surface area contributed by atoms with Gasteiger partial charge in [-0.2, -0.15) is 0 Å². The fourth-order valence-corrected chi connectivity index (χ4v) is 3.95. The lowest BCUT2D eigenvalue weighted by Gasteiger charge is -2.12. The molecule has 2 aromatic rings. The van der Waals surface area contributed by atoms with Gasteiger partial charge in [0.25, 0.3) is 5.91 Å². The number of halogens is 2. The lowest BCUT2D eigenvalue weighted by atomic mass is 10.2. The maximum atomic E-state index is 11.8. The van der Waals surface area contributed by atoms with Gasteiger partial charge in [-0.25, -0.2) is 4.98 Å². The Morgan fingerprint density at radius 1 is 1.45 bits per heavy atom. The average molecular weight is 465 g/mol. The molecule has 0 aliphatic carbocycles. The molecule has 0 fully saturated rings. The van der Waals surface area contributed by atoms with Crippen molar-refractivity contribution in [3.63, 3.8) is 0 Å². The lowest BCUT2D eigenvalue weighted by molar-refractivity contribution is -0.121. The molecule has 2 N–H and O–H groups in total. The van der Waals surface area contributed by atoms with E-state index in [-0.39, 0.29) is 17.6 Å². The van der Waals surface area contributed by atoms with Crippen molar-refractivity contribution in [1.29, 1.82) is 0 Å². The molecule has 1 amide bonds. The zero-order chi connectivity index (χ0) is 16.1. The minimum Gasteiger partial charge on any atom is -0.482 e. The zero-order valence-electron chi connectivity index (χ0n) is 11.4. The highest BCUT2D eigenvalue weighted by Gasteiger charge is 2.11. The number of rotatable bonds is 4. The van der Waals surface area contributed by atoms with Crippen LogP contribution in [0.3, 0.4) is 0 Å². The molecule has 0 unspecified atom stereocenters.